The second-order valence-corrected chi connectivity index (χ2v) is 4.32. The van der Waals surface area contributed by atoms with E-state index in [1.54, 1.807) is 31.2 Å². The number of aromatic nitrogens is 1. The lowest BCUT2D eigenvalue weighted by Gasteiger charge is -2.08. The van der Waals surface area contributed by atoms with Crippen LogP contribution in [-0.4, -0.2) is 23.6 Å². The average molecular weight is 301 g/mol. The molecule has 7 heteroatoms. The summed E-state index contributed by atoms with van der Waals surface area (Å²) in [4.78, 5) is 36.8. The zero-order valence-electron chi connectivity index (χ0n) is 11.9. The number of carbonyl (C=O) groups is 2. The Morgan fingerprint density at radius 1 is 1.14 bits per heavy atom. The Hall–Kier alpha value is -3.09. The smallest absolute Gasteiger partial charge is 0.411 e. The third-order valence-corrected chi connectivity index (χ3v) is 2.69. The largest absolute Gasteiger partial charge is 0.450 e. The van der Waals surface area contributed by atoms with Gasteiger partial charge in [-0.3, -0.25) is 14.9 Å². The van der Waals surface area contributed by atoms with Gasteiger partial charge in [-0.1, -0.05) is 6.07 Å². The zero-order chi connectivity index (χ0) is 15.9. The molecule has 1 heterocycles. The highest BCUT2D eigenvalue weighted by atomic mass is 16.5. The summed E-state index contributed by atoms with van der Waals surface area (Å²) in [5, 5.41) is 5.21. The van der Waals surface area contributed by atoms with E-state index in [1.807, 2.05) is 0 Å². The summed E-state index contributed by atoms with van der Waals surface area (Å²) in [6.45, 7) is 1.98. The summed E-state index contributed by atoms with van der Waals surface area (Å²) in [6, 6.07) is 9.33. The van der Waals surface area contributed by atoms with Crippen LogP contribution in [0.25, 0.3) is 0 Å². The van der Waals surface area contributed by atoms with E-state index in [9.17, 15) is 14.4 Å². The summed E-state index contributed by atoms with van der Waals surface area (Å²) in [7, 11) is 0. The number of amides is 2. The van der Waals surface area contributed by atoms with Crippen LogP contribution < -0.4 is 16.2 Å². The van der Waals surface area contributed by atoms with Crippen LogP contribution >= 0.6 is 0 Å². The molecule has 1 aromatic carbocycles. The van der Waals surface area contributed by atoms with Gasteiger partial charge in [-0.15, -0.1) is 0 Å². The maximum Gasteiger partial charge on any atom is 0.411 e. The zero-order valence-corrected chi connectivity index (χ0v) is 11.9. The molecule has 0 unspecified atom stereocenters. The number of hydrogen-bond acceptors (Lipinski definition) is 4. The summed E-state index contributed by atoms with van der Waals surface area (Å²) in [6.07, 6.45) is 0.768. The molecule has 0 bridgehead atoms. The minimum Gasteiger partial charge on any atom is -0.450 e. The van der Waals surface area contributed by atoms with Crippen molar-refractivity contribution in [2.24, 2.45) is 0 Å². The Morgan fingerprint density at radius 3 is 2.50 bits per heavy atom. The second-order valence-electron chi connectivity index (χ2n) is 4.32. The molecule has 2 amide bonds. The van der Waals surface area contributed by atoms with E-state index in [0.29, 0.717) is 16.9 Å². The van der Waals surface area contributed by atoms with Gasteiger partial charge in [-0.25, -0.2) is 4.79 Å². The van der Waals surface area contributed by atoms with Gasteiger partial charge in [-0.05, 0) is 31.2 Å². The topological polar surface area (TPSA) is 100 Å². The van der Waals surface area contributed by atoms with Gasteiger partial charge in [0.1, 0.15) is 0 Å². The third-order valence-electron chi connectivity index (χ3n) is 2.69. The normalized spacial score (nSPS) is 9.86. The Morgan fingerprint density at radius 2 is 1.86 bits per heavy atom. The first-order valence-corrected chi connectivity index (χ1v) is 6.62. The number of anilines is 2. The number of nitrogens with one attached hydrogen (secondary N) is 3. The van der Waals surface area contributed by atoms with Gasteiger partial charge in [0.2, 0.25) is 5.56 Å². The van der Waals surface area contributed by atoms with Crippen LogP contribution in [-0.2, 0) is 4.74 Å². The van der Waals surface area contributed by atoms with Crippen LogP contribution in [0.3, 0.4) is 0 Å². The van der Waals surface area contributed by atoms with Crippen LogP contribution in [0.15, 0.2) is 47.4 Å². The Bertz CT molecular complexity index is 719. The van der Waals surface area contributed by atoms with Crippen LogP contribution in [0.4, 0.5) is 16.2 Å². The molecule has 114 valence electrons. The lowest BCUT2D eigenvalue weighted by molar-refractivity contribution is 0.102. The minimum absolute atomic E-state index is 0.272. The van der Waals surface area contributed by atoms with Crippen molar-refractivity contribution in [2.45, 2.75) is 6.92 Å². The van der Waals surface area contributed by atoms with Crippen LogP contribution in [0.1, 0.15) is 17.3 Å². The maximum atomic E-state index is 12.0. The fourth-order valence-electron chi connectivity index (χ4n) is 1.71. The number of aromatic amines is 1. The molecule has 2 aromatic rings. The Labute approximate surface area is 126 Å². The molecule has 0 fully saturated rings. The van der Waals surface area contributed by atoms with E-state index >= 15 is 0 Å². The number of carbonyl (C=O) groups excluding carboxylic acids is 2. The Kier molecular flexibility index (Phi) is 4.92. The lowest BCUT2D eigenvalue weighted by Crippen LogP contribution is -2.15. The molecule has 0 radical (unpaired) electrons. The van der Waals surface area contributed by atoms with Crippen molar-refractivity contribution in [1.29, 1.82) is 0 Å². The molecule has 0 aliphatic carbocycles. The number of benzene rings is 1. The first-order valence-electron chi connectivity index (χ1n) is 6.62. The van der Waals surface area contributed by atoms with E-state index in [2.05, 4.69) is 15.6 Å². The number of ether oxygens (including phenoxy) is 1. The van der Waals surface area contributed by atoms with Crippen molar-refractivity contribution in [1.82, 2.24) is 4.98 Å². The summed E-state index contributed by atoms with van der Waals surface area (Å²) in [5.41, 5.74) is 1.05. The lowest BCUT2D eigenvalue weighted by atomic mass is 10.2. The van der Waals surface area contributed by atoms with Gasteiger partial charge in [-0.2, -0.15) is 0 Å². The molecule has 1 aromatic heterocycles. The molecular formula is C15H15N3O4. The number of hydrogen-bond donors (Lipinski definition) is 3. The van der Waals surface area contributed by atoms with Crippen LogP contribution in [0.5, 0.6) is 0 Å². The van der Waals surface area contributed by atoms with Gasteiger partial charge in [0.05, 0.1) is 12.2 Å². The van der Waals surface area contributed by atoms with Gasteiger partial charge >= 0.3 is 6.09 Å². The van der Waals surface area contributed by atoms with Crippen molar-refractivity contribution < 1.29 is 14.3 Å². The van der Waals surface area contributed by atoms with E-state index < -0.39 is 6.09 Å². The molecule has 0 atom stereocenters. The van der Waals surface area contributed by atoms with E-state index in [1.165, 1.54) is 18.3 Å². The van der Waals surface area contributed by atoms with Crippen molar-refractivity contribution >= 4 is 23.4 Å². The molecule has 3 N–H and O–H groups in total. The van der Waals surface area contributed by atoms with Gasteiger partial charge < -0.3 is 15.0 Å². The maximum absolute atomic E-state index is 12.0. The monoisotopic (exact) mass is 301 g/mol. The highest BCUT2D eigenvalue weighted by Crippen LogP contribution is 2.16. The molecule has 0 aliphatic heterocycles. The Balaban J connectivity index is 2.06. The van der Waals surface area contributed by atoms with Gasteiger partial charge in [0.25, 0.3) is 5.91 Å². The van der Waals surface area contributed by atoms with Crippen molar-refractivity contribution in [2.75, 3.05) is 17.2 Å². The van der Waals surface area contributed by atoms with E-state index in [-0.39, 0.29) is 18.1 Å². The molecule has 0 spiro atoms. The van der Waals surface area contributed by atoms with E-state index in [0.717, 1.165) is 0 Å². The quantitative estimate of drug-likeness (QED) is 0.805. The second kappa shape index (κ2) is 7.07. The highest BCUT2D eigenvalue weighted by molar-refractivity contribution is 6.04. The van der Waals surface area contributed by atoms with Crippen molar-refractivity contribution in [3.63, 3.8) is 0 Å². The van der Waals surface area contributed by atoms with Crippen molar-refractivity contribution in [3.05, 3.63) is 58.5 Å². The number of pyridine rings is 1. The standard InChI is InChI=1S/C15H15N3O4/c1-2-22-15(21)18-12-5-3-4-11(8-12)17-14(20)10-6-7-13(19)16-9-10/h3-9H,2H2,1H3,(H,16,19)(H,17,20)(H,18,21). The molecule has 0 saturated carbocycles. The summed E-state index contributed by atoms with van der Waals surface area (Å²) < 4.78 is 4.78. The SMILES string of the molecule is CCOC(=O)Nc1cccc(NC(=O)c2ccc(=O)[nH]c2)c1. The highest BCUT2D eigenvalue weighted by Gasteiger charge is 2.07. The van der Waals surface area contributed by atoms with E-state index in [4.69, 9.17) is 4.74 Å². The van der Waals surface area contributed by atoms with Gasteiger partial charge in [0.15, 0.2) is 0 Å². The summed E-state index contributed by atoms with van der Waals surface area (Å²) in [5.74, 6) is -0.371. The molecular weight excluding hydrogens is 286 g/mol. The molecule has 7 nitrogen and oxygen atoms in total. The number of H-pyrrole nitrogens is 1. The predicted molar refractivity (Wildman–Crippen MR) is 82.1 cm³/mol. The predicted octanol–water partition coefficient (Wildman–Crippen LogP) is 2.20. The fourth-order valence-corrected chi connectivity index (χ4v) is 1.71. The number of rotatable bonds is 4. The summed E-state index contributed by atoms with van der Waals surface area (Å²) >= 11 is 0. The van der Waals surface area contributed by atoms with Gasteiger partial charge in [0, 0.05) is 23.6 Å². The molecule has 0 aliphatic rings. The molecule has 0 saturated heterocycles. The first-order chi connectivity index (χ1) is 10.6. The first kappa shape index (κ1) is 15.3. The average Bonchev–Trinajstić information content (AvgIpc) is 2.48. The van der Waals surface area contributed by atoms with Crippen LogP contribution in [0, 0.1) is 0 Å². The van der Waals surface area contributed by atoms with Crippen molar-refractivity contribution in [3.8, 4) is 0 Å². The fraction of sp³-hybridized carbons (Fsp3) is 0.133. The molecule has 22 heavy (non-hydrogen) atoms. The molecule has 2 rings (SSSR count). The minimum atomic E-state index is -0.563. The third kappa shape index (κ3) is 4.20. The van der Waals surface area contributed by atoms with Crippen LogP contribution in [0.2, 0.25) is 0 Å².